The van der Waals surface area contributed by atoms with Crippen molar-refractivity contribution in [2.24, 2.45) is 0 Å². The maximum atomic E-state index is 10.6. The molecule has 22 heavy (non-hydrogen) atoms. The highest BCUT2D eigenvalue weighted by Gasteiger charge is 2.24. The molecule has 1 saturated heterocycles. The molecular formula is C14H16N6O2. The lowest BCUT2D eigenvalue weighted by molar-refractivity contribution is -0.385. The molecule has 3 rings (SSSR count). The molecule has 114 valence electrons. The fourth-order valence-corrected chi connectivity index (χ4v) is 2.40. The van der Waals surface area contributed by atoms with E-state index in [1.165, 1.54) is 12.3 Å². The molecule has 0 radical (unpaired) electrons. The van der Waals surface area contributed by atoms with Gasteiger partial charge in [-0.25, -0.2) is 15.0 Å². The van der Waals surface area contributed by atoms with Gasteiger partial charge in [0, 0.05) is 37.6 Å². The van der Waals surface area contributed by atoms with Crippen LogP contribution < -0.4 is 10.2 Å². The summed E-state index contributed by atoms with van der Waals surface area (Å²) in [6, 6.07) is 3.30. The summed E-state index contributed by atoms with van der Waals surface area (Å²) in [5.41, 5.74) is 1.03. The second-order valence-electron chi connectivity index (χ2n) is 5.30. The molecule has 1 aliphatic heterocycles. The number of aryl methyl sites for hydroxylation is 1. The van der Waals surface area contributed by atoms with E-state index in [9.17, 15) is 10.1 Å². The van der Waals surface area contributed by atoms with Gasteiger partial charge in [-0.2, -0.15) is 0 Å². The van der Waals surface area contributed by atoms with E-state index in [-0.39, 0.29) is 11.7 Å². The van der Waals surface area contributed by atoms with Crippen LogP contribution in [-0.2, 0) is 0 Å². The molecule has 0 aromatic carbocycles. The third kappa shape index (κ3) is 3.11. The monoisotopic (exact) mass is 300 g/mol. The molecule has 0 saturated carbocycles. The van der Waals surface area contributed by atoms with Crippen molar-refractivity contribution in [3.63, 3.8) is 0 Å². The average molecular weight is 300 g/mol. The number of aromatic nitrogens is 3. The normalized spacial score (nSPS) is 17.5. The van der Waals surface area contributed by atoms with Crippen molar-refractivity contribution in [2.45, 2.75) is 19.4 Å². The van der Waals surface area contributed by atoms with E-state index in [0.717, 1.165) is 31.0 Å². The number of hydrogen-bond acceptors (Lipinski definition) is 7. The standard InChI is InChI=1S/C14H16N6O2/c1-10-6-16-14(17-7-10)19-5-4-11(9-19)18-13-3-2-12(8-15-13)20(21)22/h2-3,6-8,11H,4-5,9H2,1H3,(H,15,18). The van der Waals surface area contributed by atoms with Crippen LogP contribution in [0.25, 0.3) is 0 Å². The quantitative estimate of drug-likeness (QED) is 0.679. The Labute approximate surface area is 127 Å². The van der Waals surface area contributed by atoms with E-state index in [1.54, 1.807) is 18.5 Å². The molecule has 0 spiro atoms. The summed E-state index contributed by atoms with van der Waals surface area (Å²) in [5, 5.41) is 13.9. The summed E-state index contributed by atoms with van der Waals surface area (Å²) >= 11 is 0. The van der Waals surface area contributed by atoms with E-state index in [4.69, 9.17) is 0 Å². The Morgan fingerprint density at radius 3 is 2.68 bits per heavy atom. The first kappa shape index (κ1) is 14.2. The molecule has 3 heterocycles. The molecule has 2 aromatic rings. The minimum atomic E-state index is -0.456. The van der Waals surface area contributed by atoms with E-state index in [1.807, 2.05) is 6.92 Å². The van der Waals surface area contributed by atoms with Crippen LogP contribution in [0, 0.1) is 17.0 Å². The van der Waals surface area contributed by atoms with Crippen molar-refractivity contribution in [1.29, 1.82) is 0 Å². The number of pyridine rings is 1. The maximum Gasteiger partial charge on any atom is 0.287 e. The van der Waals surface area contributed by atoms with E-state index in [2.05, 4.69) is 25.2 Å². The number of nitrogens with zero attached hydrogens (tertiary/aromatic N) is 5. The van der Waals surface area contributed by atoms with Crippen molar-refractivity contribution >= 4 is 17.5 Å². The number of nitrogens with one attached hydrogen (secondary N) is 1. The highest BCUT2D eigenvalue weighted by molar-refractivity contribution is 5.42. The molecular weight excluding hydrogens is 284 g/mol. The Balaban J connectivity index is 1.61. The molecule has 0 amide bonds. The van der Waals surface area contributed by atoms with Gasteiger partial charge in [0.1, 0.15) is 12.0 Å². The molecule has 8 nitrogen and oxygen atoms in total. The van der Waals surface area contributed by atoms with Crippen LogP contribution >= 0.6 is 0 Å². The Hall–Kier alpha value is -2.77. The lowest BCUT2D eigenvalue weighted by atomic mass is 10.2. The van der Waals surface area contributed by atoms with Crippen LogP contribution in [-0.4, -0.2) is 39.0 Å². The van der Waals surface area contributed by atoms with Crippen molar-refractivity contribution < 1.29 is 4.92 Å². The Morgan fingerprint density at radius 2 is 2.05 bits per heavy atom. The Morgan fingerprint density at radius 1 is 1.27 bits per heavy atom. The summed E-state index contributed by atoms with van der Waals surface area (Å²) < 4.78 is 0. The summed E-state index contributed by atoms with van der Waals surface area (Å²) in [6.07, 6.45) is 5.82. The third-order valence-corrected chi connectivity index (χ3v) is 3.55. The first-order chi connectivity index (χ1) is 10.6. The molecule has 1 N–H and O–H groups in total. The van der Waals surface area contributed by atoms with Gasteiger partial charge in [-0.1, -0.05) is 0 Å². The first-order valence-electron chi connectivity index (χ1n) is 7.02. The molecule has 1 fully saturated rings. The van der Waals surface area contributed by atoms with Crippen LogP contribution in [0.4, 0.5) is 17.5 Å². The summed E-state index contributed by atoms with van der Waals surface area (Å²) in [5.74, 6) is 1.37. The topological polar surface area (TPSA) is 97.1 Å². The Kier molecular flexibility index (Phi) is 3.82. The predicted octanol–water partition coefficient (Wildman–Crippen LogP) is 1.78. The van der Waals surface area contributed by atoms with Gasteiger partial charge >= 0.3 is 0 Å². The van der Waals surface area contributed by atoms with Crippen LogP contribution in [0.15, 0.2) is 30.7 Å². The van der Waals surface area contributed by atoms with E-state index >= 15 is 0 Å². The van der Waals surface area contributed by atoms with Crippen LogP contribution in [0.1, 0.15) is 12.0 Å². The lowest BCUT2D eigenvalue weighted by Gasteiger charge is -2.17. The zero-order valence-electron chi connectivity index (χ0n) is 12.1. The zero-order chi connectivity index (χ0) is 15.5. The maximum absolute atomic E-state index is 10.6. The minimum absolute atomic E-state index is 0.00773. The smallest absolute Gasteiger partial charge is 0.287 e. The summed E-state index contributed by atoms with van der Waals surface area (Å²) in [6.45, 7) is 3.60. The fraction of sp³-hybridized carbons (Fsp3) is 0.357. The van der Waals surface area contributed by atoms with Crippen molar-refractivity contribution in [3.05, 3.63) is 46.4 Å². The number of rotatable bonds is 4. The lowest BCUT2D eigenvalue weighted by Crippen LogP contribution is -2.27. The number of anilines is 2. The number of nitro groups is 1. The largest absolute Gasteiger partial charge is 0.365 e. The van der Waals surface area contributed by atoms with Gasteiger partial charge in [-0.15, -0.1) is 0 Å². The molecule has 0 bridgehead atoms. The summed E-state index contributed by atoms with van der Waals surface area (Å²) in [7, 11) is 0. The van der Waals surface area contributed by atoms with Crippen molar-refractivity contribution in [3.8, 4) is 0 Å². The van der Waals surface area contributed by atoms with Crippen molar-refractivity contribution in [1.82, 2.24) is 15.0 Å². The molecule has 1 aliphatic rings. The van der Waals surface area contributed by atoms with Gasteiger partial charge < -0.3 is 10.2 Å². The van der Waals surface area contributed by atoms with E-state index < -0.39 is 4.92 Å². The van der Waals surface area contributed by atoms with Gasteiger partial charge in [0.15, 0.2) is 0 Å². The minimum Gasteiger partial charge on any atom is -0.365 e. The van der Waals surface area contributed by atoms with E-state index in [0.29, 0.717) is 5.82 Å². The zero-order valence-corrected chi connectivity index (χ0v) is 12.1. The third-order valence-electron chi connectivity index (χ3n) is 3.55. The second-order valence-corrected chi connectivity index (χ2v) is 5.30. The first-order valence-corrected chi connectivity index (χ1v) is 7.02. The second kappa shape index (κ2) is 5.92. The van der Waals surface area contributed by atoms with Crippen molar-refractivity contribution in [2.75, 3.05) is 23.3 Å². The average Bonchev–Trinajstić information content (AvgIpc) is 2.97. The van der Waals surface area contributed by atoms with Gasteiger partial charge in [-0.3, -0.25) is 10.1 Å². The predicted molar refractivity (Wildman–Crippen MR) is 81.9 cm³/mol. The van der Waals surface area contributed by atoms with Gasteiger partial charge in [-0.05, 0) is 25.0 Å². The fourth-order valence-electron chi connectivity index (χ4n) is 2.40. The molecule has 1 atom stereocenters. The molecule has 2 aromatic heterocycles. The van der Waals surface area contributed by atoms with Crippen LogP contribution in [0.3, 0.4) is 0 Å². The van der Waals surface area contributed by atoms with Crippen LogP contribution in [0.5, 0.6) is 0 Å². The SMILES string of the molecule is Cc1cnc(N2CCC(Nc3ccc([N+](=O)[O-])cn3)C2)nc1. The Bertz CT molecular complexity index is 658. The molecule has 8 heteroatoms. The highest BCUT2D eigenvalue weighted by atomic mass is 16.6. The highest BCUT2D eigenvalue weighted by Crippen LogP contribution is 2.19. The molecule has 1 unspecified atom stereocenters. The molecule has 0 aliphatic carbocycles. The number of hydrogen-bond donors (Lipinski definition) is 1. The van der Waals surface area contributed by atoms with Gasteiger partial charge in [0.2, 0.25) is 5.95 Å². The van der Waals surface area contributed by atoms with Crippen LogP contribution in [0.2, 0.25) is 0 Å². The summed E-state index contributed by atoms with van der Waals surface area (Å²) in [4.78, 5) is 25.0. The van der Waals surface area contributed by atoms with Gasteiger partial charge in [0.05, 0.1) is 4.92 Å². The van der Waals surface area contributed by atoms with Gasteiger partial charge in [0.25, 0.3) is 5.69 Å².